The molecule has 0 radical (unpaired) electrons. The molecule has 0 bridgehead atoms. The summed E-state index contributed by atoms with van der Waals surface area (Å²) in [6.45, 7) is 1.92. The molecular formula is C20H26F3IN4O2. The molecule has 0 unspecified atom stereocenters. The van der Waals surface area contributed by atoms with E-state index in [-0.39, 0.29) is 36.4 Å². The van der Waals surface area contributed by atoms with Crippen LogP contribution in [0.2, 0.25) is 0 Å². The maximum atomic E-state index is 12.4. The molecule has 1 heterocycles. The van der Waals surface area contributed by atoms with Crippen LogP contribution in [0.5, 0.6) is 11.6 Å². The summed E-state index contributed by atoms with van der Waals surface area (Å²) in [6, 6.07) is 11.0. The summed E-state index contributed by atoms with van der Waals surface area (Å²) >= 11 is 0. The van der Waals surface area contributed by atoms with Gasteiger partial charge in [-0.1, -0.05) is 24.3 Å². The minimum atomic E-state index is -4.42. The Labute approximate surface area is 191 Å². The van der Waals surface area contributed by atoms with Crippen molar-refractivity contribution in [2.24, 2.45) is 4.99 Å². The molecule has 0 spiro atoms. The summed E-state index contributed by atoms with van der Waals surface area (Å²) in [7, 11) is 1.63. The molecule has 0 saturated carbocycles. The molecule has 10 heteroatoms. The summed E-state index contributed by atoms with van der Waals surface area (Å²) in [6.07, 6.45) is -2.32. The molecule has 0 aliphatic heterocycles. The number of nitrogens with one attached hydrogen (secondary N) is 2. The number of aliphatic imine (C=N–C) groups is 1. The molecule has 6 nitrogen and oxygen atoms in total. The van der Waals surface area contributed by atoms with Crippen LogP contribution in [0.4, 0.5) is 13.2 Å². The second kappa shape index (κ2) is 13.1. The van der Waals surface area contributed by atoms with Crippen molar-refractivity contribution in [2.75, 3.05) is 26.8 Å². The number of para-hydroxylation sites is 1. The smallest absolute Gasteiger partial charge is 0.422 e. The largest absolute Gasteiger partial charge is 0.496 e. The molecule has 0 fully saturated rings. The van der Waals surface area contributed by atoms with Crippen LogP contribution < -0.4 is 20.1 Å². The molecule has 1 aromatic carbocycles. The number of benzene rings is 1. The number of hydrogen-bond acceptors (Lipinski definition) is 4. The normalized spacial score (nSPS) is 11.4. The van der Waals surface area contributed by atoms with Gasteiger partial charge in [-0.2, -0.15) is 13.2 Å². The highest BCUT2D eigenvalue weighted by Crippen LogP contribution is 2.20. The van der Waals surface area contributed by atoms with E-state index in [1.807, 2.05) is 31.2 Å². The summed E-state index contributed by atoms with van der Waals surface area (Å²) in [5.41, 5.74) is 1.53. The first-order valence-corrected chi connectivity index (χ1v) is 9.20. The number of rotatable bonds is 9. The van der Waals surface area contributed by atoms with Crippen molar-refractivity contribution in [1.29, 1.82) is 0 Å². The van der Waals surface area contributed by atoms with Gasteiger partial charge in [0.25, 0.3) is 0 Å². The van der Waals surface area contributed by atoms with E-state index in [1.165, 1.54) is 6.20 Å². The Morgan fingerprint density at radius 3 is 2.53 bits per heavy atom. The van der Waals surface area contributed by atoms with Gasteiger partial charge in [-0.05, 0) is 31.0 Å². The molecule has 30 heavy (non-hydrogen) atoms. The van der Waals surface area contributed by atoms with Crippen LogP contribution in [-0.4, -0.2) is 43.9 Å². The minimum absolute atomic E-state index is 0. The average molecular weight is 538 g/mol. The van der Waals surface area contributed by atoms with Crippen LogP contribution in [0.25, 0.3) is 0 Å². The molecule has 1 aromatic heterocycles. The molecule has 0 atom stereocenters. The quantitative estimate of drug-likeness (QED) is 0.288. The molecule has 0 amide bonds. The van der Waals surface area contributed by atoms with Gasteiger partial charge in [-0.3, -0.25) is 0 Å². The lowest BCUT2D eigenvalue weighted by molar-refractivity contribution is -0.154. The summed E-state index contributed by atoms with van der Waals surface area (Å²) in [5, 5.41) is 6.32. The molecule has 0 aliphatic carbocycles. The number of hydrogen-bond donors (Lipinski definition) is 2. The maximum Gasteiger partial charge on any atom is 0.422 e. The lowest BCUT2D eigenvalue weighted by Gasteiger charge is -2.14. The Kier molecular flexibility index (Phi) is 11.3. The first-order chi connectivity index (χ1) is 13.9. The van der Waals surface area contributed by atoms with Crippen molar-refractivity contribution in [3.63, 3.8) is 0 Å². The lowest BCUT2D eigenvalue weighted by atomic mass is 10.1. The zero-order chi connectivity index (χ0) is 21.1. The summed E-state index contributed by atoms with van der Waals surface area (Å²) in [4.78, 5) is 8.30. The van der Waals surface area contributed by atoms with Crippen molar-refractivity contribution < 1.29 is 22.6 Å². The molecular weight excluding hydrogens is 512 g/mol. The van der Waals surface area contributed by atoms with Gasteiger partial charge in [0.05, 0.1) is 13.7 Å². The summed E-state index contributed by atoms with van der Waals surface area (Å²) < 4.78 is 47.4. The molecule has 2 aromatic rings. The zero-order valence-electron chi connectivity index (χ0n) is 16.8. The Balaban J connectivity index is 0.00000450. The van der Waals surface area contributed by atoms with Gasteiger partial charge in [0.2, 0.25) is 5.88 Å². The van der Waals surface area contributed by atoms with Crippen LogP contribution >= 0.6 is 24.0 Å². The SMILES string of the molecule is CCNC(=NCc1cccnc1OCC(F)(F)F)NCCc1ccccc1OC.I. The third-order valence-electron chi connectivity index (χ3n) is 3.85. The van der Waals surface area contributed by atoms with Crippen LogP contribution in [0.1, 0.15) is 18.1 Å². The van der Waals surface area contributed by atoms with Crippen molar-refractivity contribution in [1.82, 2.24) is 15.6 Å². The number of methoxy groups -OCH3 is 1. The van der Waals surface area contributed by atoms with E-state index in [0.29, 0.717) is 24.6 Å². The van der Waals surface area contributed by atoms with E-state index in [2.05, 4.69) is 20.6 Å². The van der Waals surface area contributed by atoms with Crippen molar-refractivity contribution in [2.45, 2.75) is 26.1 Å². The van der Waals surface area contributed by atoms with E-state index < -0.39 is 12.8 Å². The predicted octanol–water partition coefficient (Wildman–Crippen LogP) is 3.95. The molecule has 0 saturated heterocycles. The highest BCUT2D eigenvalue weighted by atomic mass is 127. The van der Waals surface area contributed by atoms with Crippen LogP contribution in [0.3, 0.4) is 0 Å². The van der Waals surface area contributed by atoms with Crippen molar-refractivity contribution >= 4 is 29.9 Å². The number of nitrogens with zero attached hydrogens (tertiary/aromatic N) is 2. The van der Waals surface area contributed by atoms with Gasteiger partial charge in [-0.25, -0.2) is 9.98 Å². The fraction of sp³-hybridized carbons (Fsp3) is 0.400. The molecule has 166 valence electrons. The van der Waals surface area contributed by atoms with Gasteiger partial charge >= 0.3 is 6.18 Å². The van der Waals surface area contributed by atoms with Gasteiger partial charge in [0.1, 0.15) is 5.75 Å². The predicted molar refractivity (Wildman–Crippen MR) is 121 cm³/mol. The van der Waals surface area contributed by atoms with Gasteiger partial charge in [-0.15, -0.1) is 24.0 Å². The van der Waals surface area contributed by atoms with E-state index in [0.717, 1.165) is 17.7 Å². The van der Waals surface area contributed by atoms with Crippen LogP contribution in [0.15, 0.2) is 47.6 Å². The Bertz CT molecular complexity index is 804. The first-order valence-electron chi connectivity index (χ1n) is 9.20. The topological polar surface area (TPSA) is 67.8 Å². The Morgan fingerprint density at radius 1 is 1.10 bits per heavy atom. The fourth-order valence-corrected chi connectivity index (χ4v) is 2.56. The van der Waals surface area contributed by atoms with Crippen LogP contribution in [-0.2, 0) is 13.0 Å². The third kappa shape index (κ3) is 9.06. The average Bonchev–Trinajstić information content (AvgIpc) is 2.71. The number of halogens is 4. The number of ether oxygens (including phenoxy) is 2. The highest BCUT2D eigenvalue weighted by Gasteiger charge is 2.29. The van der Waals surface area contributed by atoms with E-state index in [4.69, 9.17) is 9.47 Å². The molecule has 2 N–H and O–H groups in total. The van der Waals surface area contributed by atoms with E-state index in [1.54, 1.807) is 19.2 Å². The molecule has 2 rings (SSSR count). The van der Waals surface area contributed by atoms with Gasteiger partial charge in [0.15, 0.2) is 12.6 Å². The lowest BCUT2D eigenvalue weighted by Crippen LogP contribution is -2.38. The first kappa shape index (κ1) is 25.8. The minimum Gasteiger partial charge on any atom is -0.496 e. The fourth-order valence-electron chi connectivity index (χ4n) is 2.56. The number of aromatic nitrogens is 1. The Hall–Kier alpha value is -2.24. The van der Waals surface area contributed by atoms with Crippen LogP contribution in [0, 0.1) is 0 Å². The standard InChI is InChI=1S/C20H25F3N4O2.HI/c1-3-24-19(26-12-10-15-7-4-5-9-17(15)28-2)27-13-16-8-6-11-25-18(16)29-14-20(21,22)23;/h4-9,11H,3,10,12-14H2,1-2H3,(H2,24,26,27);1H. The molecule has 0 aliphatic rings. The summed E-state index contributed by atoms with van der Waals surface area (Å²) in [5.74, 6) is 1.30. The van der Waals surface area contributed by atoms with Crippen molar-refractivity contribution in [3.8, 4) is 11.6 Å². The third-order valence-corrected chi connectivity index (χ3v) is 3.85. The zero-order valence-corrected chi connectivity index (χ0v) is 19.2. The number of guanidine groups is 1. The second-order valence-corrected chi connectivity index (χ2v) is 6.06. The van der Waals surface area contributed by atoms with E-state index in [9.17, 15) is 13.2 Å². The maximum absolute atomic E-state index is 12.4. The highest BCUT2D eigenvalue weighted by molar-refractivity contribution is 14.0. The second-order valence-electron chi connectivity index (χ2n) is 6.06. The Morgan fingerprint density at radius 2 is 1.83 bits per heavy atom. The van der Waals surface area contributed by atoms with E-state index >= 15 is 0 Å². The monoisotopic (exact) mass is 538 g/mol. The van der Waals surface area contributed by atoms with Gasteiger partial charge < -0.3 is 20.1 Å². The van der Waals surface area contributed by atoms with Gasteiger partial charge in [0, 0.05) is 24.8 Å². The number of alkyl halides is 3. The van der Waals surface area contributed by atoms with Crippen molar-refractivity contribution in [3.05, 3.63) is 53.7 Å². The number of pyridine rings is 1.